The van der Waals surface area contributed by atoms with E-state index in [4.69, 9.17) is 0 Å². The van der Waals surface area contributed by atoms with Gasteiger partial charge < -0.3 is 4.90 Å². The number of hydrogen-bond donors (Lipinski definition) is 0. The van der Waals surface area contributed by atoms with Gasteiger partial charge in [-0.25, -0.2) is 0 Å². The van der Waals surface area contributed by atoms with Crippen LogP contribution < -0.4 is 0 Å². The second-order valence-corrected chi connectivity index (χ2v) is 10.8. The highest BCUT2D eigenvalue weighted by Gasteiger charge is 2.21. The van der Waals surface area contributed by atoms with Crippen molar-refractivity contribution in [1.29, 1.82) is 0 Å². The number of likely N-dealkylation sites (tertiary alicyclic amines) is 1. The Hall–Kier alpha value is -2.60. The van der Waals surface area contributed by atoms with Crippen molar-refractivity contribution in [2.45, 2.75) is 63.9 Å². The topological polar surface area (TPSA) is 51.0 Å². The van der Waals surface area contributed by atoms with Gasteiger partial charge in [0.2, 0.25) is 5.91 Å². The third-order valence-electron chi connectivity index (χ3n) is 6.28. The van der Waals surface area contributed by atoms with Gasteiger partial charge in [-0.05, 0) is 42.4 Å². The van der Waals surface area contributed by atoms with Crippen molar-refractivity contribution < 1.29 is 4.79 Å². The number of carbonyl (C=O) groups is 1. The molecule has 0 atom stereocenters. The molecule has 1 fully saturated rings. The molecule has 2 heterocycles. The maximum Gasteiger partial charge on any atom is 0.233 e. The minimum absolute atomic E-state index is 0.0942. The number of para-hydroxylation sites is 1. The Morgan fingerprint density at radius 1 is 0.939 bits per heavy atom. The van der Waals surface area contributed by atoms with E-state index in [1.54, 1.807) is 0 Å². The molecule has 1 aromatic heterocycles. The van der Waals surface area contributed by atoms with E-state index in [0.717, 1.165) is 53.7 Å². The Balaban J connectivity index is 1.65. The van der Waals surface area contributed by atoms with Crippen LogP contribution in [0, 0.1) is 6.92 Å². The number of amides is 1. The van der Waals surface area contributed by atoms with Crippen LogP contribution in [-0.2, 0) is 10.2 Å². The molecule has 1 aliphatic rings. The number of carbonyl (C=O) groups excluding carboxylic acids is 1. The molecule has 0 bridgehead atoms. The first-order chi connectivity index (χ1) is 15.8. The second-order valence-electron chi connectivity index (χ2n) is 9.84. The van der Waals surface area contributed by atoms with Crippen LogP contribution in [0.2, 0.25) is 0 Å². The molecule has 0 spiro atoms. The van der Waals surface area contributed by atoms with Crippen LogP contribution >= 0.6 is 11.8 Å². The van der Waals surface area contributed by atoms with Gasteiger partial charge in [0, 0.05) is 18.7 Å². The molecule has 1 saturated heterocycles. The summed E-state index contributed by atoms with van der Waals surface area (Å²) in [6, 6.07) is 16.8. The standard InChI is InChI=1S/C27H34N4OS/c1-20-11-7-8-12-23(20)31-25(21-13-15-22(16-14-21)27(2,3)4)28-29-26(31)33-19-24(32)30-17-9-5-6-10-18-30/h7-8,11-16H,5-6,9-10,17-19H2,1-4H3. The number of thioether (sulfide) groups is 1. The smallest absolute Gasteiger partial charge is 0.233 e. The van der Waals surface area contributed by atoms with Gasteiger partial charge in [0.05, 0.1) is 11.4 Å². The van der Waals surface area contributed by atoms with Crippen LogP contribution in [-0.4, -0.2) is 44.4 Å². The molecule has 0 N–H and O–H groups in total. The first kappa shape index (κ1) is 23.6. The molecule has 1 amide bonds. The fourth-order valence-electron chi connectivity index (χ4n) is 4.24. The summed E-state index contributed by atoms with van der Waals surface area (Å²) in [5.41, 5.74) is 4.58. The van der Waals surface area contributed by atoms with E-state index in [2.05, 4.69) is 78.9 Å². The van der Waals surface area contributed by atoms with Gasteiger partial charge in [0.1, 0.15) is 0 Å². The quantitative estimate of drug-likeness (QED) is 0.434. The van der Waals surface area contributed by atoms with E-state index in [-0.39, 0.29) is 11.3 Å². The molecular weight excluding hydrogens is 428 g/mol. The SMILES string of the molecule is Cc1ccccc1-n1c(SCC(=O)N2CCCCCC2)nnc1-c1ccc(C(C)(C)C)cc1. The van der Waals surface area contributed by atoms with E-state index in [0.29, 0.717) is 5.75 Å². The summed E-state index contributed by atoms with van der Waals surface area (Å²) in [6.07, 6.45) is 4.64. The summed E-state index contributed by atoms with van der Waals surface area (Å²) in [6.45, 7) is 10.5. The van der Waals surface area contributed by atoms with Crippen molar-refractivity contribution in [2.24, 2.45) is 0 Å². The van der Waals surface area contributed by atoms with Crippen molar-refractivity contribution >= 4 is 17.7 Å². The zero-order chi connectivity index (χ0) is 23.4. The summed E-state index contributed by atoms with van der Waals surface area (Å²) in [4.78, 5) is 14.9. The lowest BCUT2D eigenvalue weighted by Gasteiger charge is -2.20. The normalized spacial score (nSPS) is 14.8. The summed E-state index contributed by atoms with van der Waals surface area (Å²) < 4.78 is 2.10. The maximum absolute atomic E-state index is 12.9. The minimum Gasteiger partial charge on any atom is -0.342 e. The first-order valence-electron chi connectivity index (χ1n) is 11.9. The van der Waals surface area contributed by atoms with Crippen LogP contribution in [0.1, 0.15) is 57.6 Å². The number of aryl methyl sites for hydroxylation is 1. The highest BCUT2D eigenvalue weighted by atomic mass is 32.2. The van der Waals surface area contributed by atoms with Crippen molar-refractivity contribution in [3.05, 3.63) is 59.7 Å². The predicted octanol–water partition coefficient (Wildman–Crippen LogP) is 6.03. The average molecular weight is 463 g/mol. The molecule has 174 valence electrons. The highest BCUT2D eigenvalue weighted by Crippen LogP contribution is 2.31. The lowest BCUT2D eigenvalue weighted by atomic mass is 9.87. The lowest BCUT2D eigenvalue weighted by molar-refractivity contribution is -0.128. The Labute approximate surface area is 201 Å². The van der Waals surface area contributed by atoms with Gasteiger partial charge in [-0.3, -0.25) is 9.36 Å². The number of benzene rings is 2. The van der Waals surface area contributed by atoms with Gasteiger partial charge in [-0.1, -0.05) is 87.8 Å². The molecule has 0 aliphatic carbocycles. The largest absolute Gasteiger partial charge is 0.342 e. The van der Waals surface area contributed by atoms with Crippen LogP contribution in [0.5, 0.6) is 0 Å². The average Bonchev–Trinajstić information content (AvgIpc) is 3.01. The molecule has 33 heavy (non-hydrogen) atoms. The van der Waals surface area contributed by atoms with E-state index < -0.39 is 0 Å². The molecular formula is C27H34N4OS. The monoisotopic (exact) mass is 462 g/mol. The maximum atomic E-state index is 12.9. The van der Waals surface area contributed by atoms with Gasteiger partial charge in [0.25, 0.3) is 0 Å². The molecule has 4 rings (SSSR count). The zero-order valence-corrected chi connectivity index (χ0v) is 21.0. The predicted molar refractivity (Wildman–Crippen MR) is 136 cm³/mol. The number of nitrogens with zero attached hydrogens (tertiary/aromatic N) is 4. The lowest BCUT2D eigenvalue weighted by Crippen LogP contribution is -2.33. The molecule has 3 aromatic rings. The van der Waals surface area contributed by atoms with E-state index in [9.17, 15) is 4.79 Å². The zero-order valence-electron chi connectivity index (χ0n) is 20.2. The fraction of sp³-hybridized carbons (Fsp3) is 0.444. The Bertz CT molecular complexity index is 1090. The number of hydrogen-bond acceptors (Lipinski definition) is 4. The first-order valence-corrected chi connectivity index (χ1v) is 12.9. The molecule has 6 heteroatoms. The Kier molecular flexibility index (Phi) is 7.23. The van der Waals surface area contributed by atoms with Crippen molar-refractivity contribution in [2.75, 3.05) is 18.8 Å². The van der Waals surface area contributed by atoms with Crippen LogP contribution in [0.15, 0.2) is 53.7 Å². The molecule has 0 unspecified atom stereocenters. The summed E-state index contributed by atoms with van der Waals surface area (Å²) in [5, 5.41) is 9.84. The van der Waals surface area contributed by atoms with Gasteiger partial charge in [-0.15, -0.1) is 10.2 Å². The highest BCUT2D eigenvalue weighted by molar-refractivity contribution is 7.99. The Morgan fingerprint density at radius 2 is 1.61 bits per heavy atom. The van der Waals surface area contributed by atoms with Crippen LogP contribution in [0.3, 0.4) is 0 Å². The molecule has 0 radical (unpaired) electrons. The minimum atomic E-state index is 0.0942. The van der Waals surface area contributed by atoms with E-state index >= 15 is 0 Å². The molecule has 1 aliphatic heterocycles. The second kappa shape index (κ2) is 10.1. The van der Waals surface area contributed by atoms with Gasteiger partial charge in [-0.2, -0.15) is 0 Å². The number of aromatic nitrogens is 3. The van der Waals surface area contributed by atoms with Crippen LogP contribution in [0.25, 0.3) is 17.1 Å². The van der Waals surface area contributed by atoms with Crippen molar-refractivity contribution in [3.8, 4) is 17.1 Å². The van der Waals surface area contributed by atoms with Crippen molar-refractivity contribution in [3.63, 3.8) is 0 Å². The summed E-state index contributed by atoms with van der Waals surface area (Å²) in [7, 11) is 0. The van der Waals surface area contributed by atoms with Gasteiger partial charge in [0.15, 0.2) is 11.0 Å². The van der Waals surface area contributed by atoms with E-state index in [1.165, 1.54) is 30.2 Å². The number of rotatable bonds is 5. The van der Waals surface area contributed by atoms with Crippen LogP contribution in [0.4, 0.5) is 0 Å². The summed E-state index contributed by atoms with van der Waals surface area (Å²) >= 11 is 1.48. The third-order valence-corrected chi connectivity index (χ3v) is 7.20. The van der Waals surface area contributed by atoms with Gasteiger partial charge >= 0.3 is 0 Å². The molecule has 2 aromatic carbocycles. The Morgan fingerprint density at radius 3 is 2.24 bits per heavy atom. The van der Waals surface area contributed by atoms with E-state index in [1.807, 2.05) is 17.0 Å². The van der Waals surface area contributed by atoms with Crippen molar-refractivity contribution in [1.82, 2.24) is 19.7 Å². The third kappa shape index (κ3) is 5.49. The molecule has 5 nitrogen and oxygen atoms in total. The summed E-state index contributed by atoms with van der Waals surface area (Å²) in [5.74, 6) is 1.37. The fourth-order valence-corrected chi connectivity index (χ4v) is 5.09. The molecule has 0 saturated carbocycles.